The second-order valence-electron chi connectivity index (χ2n) is 9.66. The van der Waals surface area contributed by atoms with Crippen LogP contribution in [0, 0.1) is 29.0 Å². The van der Waals surface area contributed by atoms with Crippen LogP contribution in [0.3, 0.4) is 0 Å². The van der Waals surface area contributed by atoms with Gasteiger partial charge in [-0.05, 0) is 79.5 Å². The molecule has 1 amide bonds. The van der Waals surface area contributed by atoms with Crippen molar-refractivity contribution in [1.29, 1.82) is 5.26 Å². The first-order valence-corrected chi connectivity index (χ1v) is 13.2. The monoisotopic (exact) mass is 524 g/mol. The minimum Gasteiger partial charge on any atom is -0.336 e. The lowest BCUT2D eigenvalue weighted by Crippen LogP contribution is -2.41. The highest BCUT2D eigenvalue weighted by atomic mass is 35.5. The molecule has 194 valence electrons. The van der Waals surface area contributed by atoms with Crippen LogP contribution >= 0.6 is 11.6 Å². The van der Waals surface area contributed by atoms with Crippen LogP contribution in [-0.4, -0.2) is 29.2 Å². The molecule has 1 N–H and O–H groups in total. The molecule has 2 aromatic rings. The lowest BCUT2D eigenvalue weighted by atomic mass is 9.75. The number of nitrogens with zero attached hydrogens (tertiary/aromatic N) is 3. The van der Waals surface area contributed by atoms with Gasteiger partial charge in [0.15, 0.2) is 6.19 Å². The van der Waals surface area contributed by atoms with Crippen molar-refractivity contribution in [2.24, 2.45) is 10.9 Å². The number of amides is 1. The number of carbonyl (C=O) groups is 1. The number of likely N-dealkylation sites (tertiary alicyclic amines) is 1. The van der Waals surface area contributed by atoms with E-state index >= 15 is 0 Å². The van der Waals surface area contributed by atoms with Crippen molar-refractivity contribution in [2.45, 2.75) is 64.5 Å². The molecule has 37 heavy (non-hydrogen) atoms. The van der Waals surface area contributed by atoms with Crippen molar-refractivity contribution >= 4 is 28.9 Å². The van der Waals surface area contributed by atoms with Crippen molar-refractivity contribution in [1.82, 2.24) is 10.2 Å². The van der Waals surface area contributed by atoms with Crippen LogP contribution in [0.5, 0.6) is 0 Å². The molecular weight excluding hydrogens is 494 g/mol. The molecule has 0 saturated carbocycles. The fourth-order valence-corrected chi connectivity index (χ4v) is 5.63. The minimum absolute atomic E-state index is 0.00409. The van der Waals surface area contributed by atoms with Crippen LogP contribution in [0.2, 0.25) is 5.02 Å². The van der Waals surface area contributed by atoms with Gasteiger partial charge in [-0.15, -0.1) is 0 Å². The maximum Gasteiger partial charge on any atom is 0.223 e. The van der Waals surface area contributed by atoms with E-state index in [1.165, 1.54) is 11.1 Å². The fourth-order valence-electron chi connectivity index (χ4n) is 5.50. The Morgan fingerprint density at radius 3 is 2.70 bits per heavy atom. The zero-order chi connectivity index (χ0) is 26.4. The van der Waals surface area contributed by atoms with Gasteiger partial charge in [-0.3, -0.25) is 15.1 Å². The lowest BCUT2D eigenvalue weighted by molar-refractivity contribution is -0.129. The normalized spacial score (nSPS) is 20.4. The van der Waals surface area contributed by atoms with E-state index in [9.17, 15) is 18.8 Å². The summed E-state index contributed by atoms with van der Waals surface area (Å²) in [5, 5.41) is 12.5. The van der Waals surface area contributed by atoms with Crippen molar-refractivity contribution in [3.8, 4) is 6.19 Å². The first-order chi connectivity index (χ1) is 17.9. The van der Waals surface area contributed by atoms with Crippen LogP contribution in [0.4, 0.5) is 8.78 Å². The predicted molar refractivity (Wildman–Crippen MR) is 142 cm³/mol. The summed E-state index contributed by atoms with van der Waals surface area (Å²) in [5.74, 6) is -0.120. The molecule has 2 unspecified atom stereocenters. The molecule has 2 aromatic carbocycles. The zero-order valence-corrected chi connectivity index (χ0v) is 21.7. The molecule has 0 aromatic heterocycles. The highest BCUT2D eigenvalue weighted by Gasteiger charge is 2.37. The Balaban J connectivity index is 1.55. The third-order valence-electron chi connectivity index (χ3n) is 7.31. The molecule has 0 radical (unpaired) electrons. The number of rotatable bonds is 8. The number of halogens is 3. The van der Waals surface area contributed by atoms with Crippen molar-refractivity contribution < 1.29 is 13.6 Å². The van der Waals surface area contributed by atoms with Crippen LogP contribution in [0.15, 0.2) is 53.0 Å². The number of allylic oxidation sites excluding steroid dienone is 1. The van der Waals surface area contributed by atoms with E-state index < -0.39 is 11.6 Å². The summed E-state index contributed by atoms with van der Waals surface area (Å²) in [7, 11) is 0. The Labute approximate surface area is 221 Å². The molecule has 2 aliphatic rings. The van der Waals surface area contributed by atoms with E-state index in [-0.39, 0.29) is 24.1 Å². The number of amidine groups is 1. The number of nitriles is 1. The summed E-state index contributed by atoms with van der Waals surface area (Å²) in [6, 6.07) is 11.1. The van der Waals surface area contributed by atoms with Gasteiger partial charge in [0, 0.05) is 30.0 Å². The van der Waals surface area contributed by atoms with E-state index in [2.05, 4.69) is 17.2 Å². The molecule has 0 bridgehead atoms. The molecule has 8 heteroatoms. The Hall–Kier alpha value is -3.24. The lowest BCUT2D eigenvalue weighted by Gasteiger charge is -2.39. The van der Waals surface area contributed by atoms with E-state index in [1.807, 2.05) is 35.4 Å². The number of hydrogen-bond acceptors (Lipinski definition) is 3. The minimum atomic E-state index is -0.528. The molecule has 1 aliphatic heterocycles. The van der Waals surface area contributed by atoms with Crippen LogP contribution in [0.1, 0.15) is 63.0 Å². The predicted octanol–water partition coefficient (Wildman–Crippen LogP) is 6.63. The topological polar surface area (TPSA) is 68.5 Å². The van der Waals surface area contributed by atoms with E-state index in [4.69, 9.17) is 11.6 Å². The summed E-state index contributed by atoms with van der Waals surface area (Å²) in [6.07, 6.45) is 7.22. The van der Waals surface area contributed by atoms with Crippen LogP contribution in [-0.2, 0) is 11.3 Å². The molecule has 4 rings (SSSR count). The van der Waals surface area contributed by atoms with Crippen molar-refractivity contribution in [2.75, 3.05) is 6.54 Å². The Morgan fingerprint density at radius 2 is 2.03 bits per heavy atom. The van der Waals surface area contributed by atoms with E-state index in [0.717, 1.165) is 62.4 Å². The van der Waals surface area contributed by atoms with Crippen molar-refractivity contribution in [3.63, 3.8) is 0 Å². The first-order valence-electron chi connectivity index (χ1n) is 12.8. The molecule has 0 spiro atoms. The van der Waals surface area contributed by atoms with Gasteiger partial charge in [0.25, 0.3) is 0 Å². The zero-order valence-electron chi connectivity index (χ0n) is 20.9. The Bertz CT molecular complexity index is 1240. The van der Waals surface area contributed by atoms with E-state index in [0.29, 0.717) is 29.6 Å². The fraction of sp³-hybridized carbons (Fsp3) is 0.414. The van der Waals surface area contributed by atoms with Gasteiger partial charge in [-0.25, -0.2) is 8.78 Å². The number of hydrogen-bond donors (Lipinski definition) is 1. The number of nitrogens with one attached hydrogen (secondary N) is 1. The first kappa shape index (κ1) is 26.8. The van der Waals surface area contributed by atoms with Gasteiger partial charge in [-0.2, -0.15) is 5.26 Å². The maximum absolute atomic E-state index is 14.0. The second kappa shape index (κ2) is 12.3. The summed E-state index contributed by atoms with van der Waals surface area (Å²) in [5.41, 5.74) is 3.81. The summed E-state index contributed by atoms with van der Waals surface area (Å²) in [4.78, 5) is 19.2. The van der Waals surface area contributed by atoms with Gasteiger partial charge < -0.3 is 4.90 Å². The largest absolute Gasteiger partial charge is 0.336 e. The Kier molecular flexibility index (Phi) is 8.94. The highest BCUT2D eigenvalue weighted by Crippen LogP contribution is 2.42. The van der Waals surface area contributed by atoms with Crippen LogP contribution < -0.4 is 5.32 Å². The van der Waals surface area contributed by atoms with Gasteiger partial charge >= 0.3 is 0 Å². The van der Waals surface area contributed by atoms with Gasteiger partial charge in [-0.1, -0.05) is 36.2 Å². The number of benzene rings is 2. The molecule has 1 fully saturated rings. The average molecular weight is 525 g/mol. The summed E-state index contributed by atoms with van der Waals surface area (Å²) < 4.78 is 27.5. The number of aliphatic imine (C=N–C) groups is 1. The average Bonchev–Trinajstić information content (AvgIpc) is 3.33. The van der Waals surface area contributed by atoms with Gasteiger partial charge in [0.05, 0.1) is 12.6 Å². The summed E-state index contributed by atoms with van der Waals surface area (Å²) in [6.45, 7) is 2.85. The summed E-state index contributed by atoms with van der Waals surface area (Å²) >= 11 is 6.15. The molecule has 2 atom stereocenters. The van der Waals surface area contributed by atoms with E-state index in [1.54, 1.807) is 0 Å². The third-order valence-corrected chi connectivity index (χ3v) is 7.56. The molecule has 5 nitrogen and oxygen atoms in total. The third kappa shape index (κ3) is 6.56. The SMILES string of the molecule is CCC1=C(c2ccc(Cl)cc2)C(N2CCCC2=O)CC(CCC(=NCc2cc(F)ccc2F)NC#N)C1. The molecule has 1 heterocycles. The highest BCUT2D eigenvalue weighted by molar-refractivity contribution is 6.30. The van der Waals surface area contributed by atoms with Crippen LogP contribution in [0.25, 0.3) is 5.57 Å². The maximum atomic E-state index is 14.0. The molecule has 1 saturated heterocycles. The van der Waals surface area contributed by atoms with Crippen molar-refractivity contribution in [3.05, 3.63) is 75.8 Å². The van der Waals surface area contributed by atoms with Gasteiger partial charge in [0.2, 0.25) is 5.91 Å². The van der Waals surface area contributed by atoms with Gasteiger partial charge in [0.1, 0.15) is 17.5 Å². The quantitative estimate of drug-likeness (QED) is 0.182. The second-order valence-corrected chi connectivity index (χ2v) is 10.1. The number of carbonyl (C=O) groups excluding carboxylic acids is 1. The molecule has 1 aliphatic carbocycles. The smallest absolute Gasteiger partial charge is 0.223 e. The Morgan fingerprint density at radius 1 is 1.24 bits per heavy atom. The standard InChI is InChI=1S/C29H31ClF2N4O/c1-2-20-14-19(5-12-27(35-18-33)34-17-22-16-24(31)10-11-25(22)32)15-26(36-13-3-4-28(36)37)29(20)21-6-8-23(30)9-7-21/h6-11,16,19,26H,2-5,12-15,17H2,1H3,(H,34,35). The molecular formula is C29H31ClF2N4O.